The molecule has 3 nitrogen and oxygen atoms in total. The van der Waals surface area contributed by atoms with Crippen molar-refractivity contribution in [3.05, 3.63) is 58.3 Å². The van der Waals surface area contributed by atoms with Crippen molar-refractivity contribution in [3.63, 3.8) is 0 Å². The van der Waals surface area contributed by atoms with Gasteiger partial charge in [0.05, 0.1) is 11.8 Å². The van der Waals surface area contributed by atoms with Gasteiger partial charge in [0.15, 0.2) is 0 Å². The summed E-state index contributed by atoms with van der Waals surface area (Å²) in [7, 11) is 2.04. The molecule has 0 unspecified atom stereocenters. The summed E-state index contributed by atoms with van der Waals surface area (Å²) in [4.78, 5) is 6.18. The van der Waals surface area contributed by atoms with E-state index >= 15 is 0 Å². The van der Waals surface area contributed by atoms with Gasteiger partial charge in [0.1, 0.15) is 0 Å². The number of nitrogens with zero attached hydrogens (tertiary/aromatic N) is 2. The van der Waals surface area contributed by atoms with Gasteiger partial charge in [-0.2, -0.15) is 0 Å². The molecule has 0 saturated heterocycles. The summed E-state index contributed by atoms with van der Waals surface area (Å²) >= 11 is 3.56. The van der Waals surface area contributed by atoms with Crippen molar-refractivity contribution >= 4 is 21.6 Å². The number of anilines is 1. The lowest BCUT2D eigenvalue weighted by Crippen LogP contribution is -2.17. The molecule has 0 saturated carbocycles. The first kappa shape index (κ1) is 14.0. The van der Waals surface area contributed by atoms with Crippen molar-refractivity contribution in [2.24, 2.45) is 0 Å². The molecule has 0 spiro atoms. The van der Waals surface area contributed by atoms with Gasteiger partial charge < -0.3 is 10.0 Å². The zero-order valence-corrected chi connectivity index (χ0v) is 12.6. The summed E-state index contributed by atoms with van der Waals surface area (Å²) in [5.41, 5.74) is 3.22. The van der Waals surface area contributed by atoms with E-state index < -0.39 is 6.10 Å². The lowest BCUT2D eigenvalue weighted by atomic mass is 10.1. The quantitative estimate of drug-likeness (QED) is 0.936. The van der Waals surface area contributed by atoms with E-state index in [1.165, 1.54) is 5.56 Å². The van der Waals surface area contributed by atoms with Crippen molar-refractivity contribution in [2.75, 3.05) is 11.9 Å². The molecule has 0 fully saturated rings. The fourth-order valence-corrected chi connectivity index (χ4v) is 2.64. The van der Waals surface area contributed by atoms with Crippen LogP contribution in [0, 0.1) is 0 Å². The standard InChI is InChI=1S/C15H17BrN2O/c1-11(19)13-3-4-15(14(16)9-13)18(2)10-12-5-7-17-8-6-12/h3-9,11,19H,10H2,1-2H3/t11-/m0/s1. The fourth-order valence-electron chi connectivity index (χ4n) is 1.94. The van der Waals surface area contributed by atoms with Crippen molar-refractivity contribution in [2.45, 2.75) is 19.6 Å². The van der Waals surface area contributed by atoms with Gasteiger partial charge in [-0.1, -0.05) is 6.07 Å². The highest BCUT2D eigenvalue weighted by Gasteiger charge is 2.09. The molecule has 19 heavy (non-hydrogen) atoms. The molecule has 1 heterocycles. The average Bonchev–Trinajstić information content (AvgIpc) is 2.39. The Labute approximate surface area is 122 Å². The third kappa shape index (κ3) is 3.55. The molecule has 2 aromatic rings. The Kier molecular flexibility index (Phi) is 4.56. The predicted octanol–water partition coefficient (Wildman–Crippen LogP) is 3.53. The molecule has 4 heteroatoms. The van der Waals surface area contributed by atoms with E-state index in [-0.39, 0.29) is 0 Å². The molecule has 1 aromatic heterocycles. The molecule has 0 aliphatic carbocycles. The third-order valence-corrected chi connectivity index (χ3v) is 3.67. The normalized spacial score (nSPS) is 12.2. The number of aromatic nitrogens is 1. The Morgan fingerprint density at radius 1 is 1.26 bits per heavy atom. The van der Waals surface area contributed by atoms with Gasteiger partial charge >= 0.3 is 0 Å². The molecular formula is C15H17BrN2O. The summed E-state index contributed by atoms with van der Waals surface area (Å²) in [6.45, 7) is 2.58. The molecule has 100 valence electrons. The monoisotopic (exact) mass is 320 g/mol. The fraction of sp³-hybridized carbons (Fsp3) is 0.267. The number of aliphatic hydroxyl groups excluding tert-OH is 1. The molecule has 0 aliphatic rings. The number of hydrogen-bond acceptors (Lipinski definition) is 3. The molecular weight excluding hydrogens is 304 g/mol. The van der Waals surface area contributed by atoms with Gasteiger partial charge in [-0.25, -0.2) is 0 Å². The van der Waals surface area contributed by atoms with Gasteiger partial charge in [-0.15, -0.1) is 0 Å². The highest BCUT2D eigenvalue weighted by Crippen LogP contribution is 2.29. The Bertz CT molecular complexity index is 543. The highest BCUT2D eigenvalue weighted by atomic mass is 79.9. The maximum Gasteiger partial charge on any atom is 0.0762 e. The van der Waals surface area contributed by atoms with Gasteiger partial charge in [-0.3, -0.25) is 4.98 Å². The first-order valence-electron chi connectivity index (χ1n) is 6.15. The van der Waals surface area contributed by atoms with Crippen LogP contribution in [0.25, 0.3) is 0 Å². The van der Waals surface area contributed by atoms with Crippen molar-refractivity contribution < 1.29 is 5.11 Å². The van der Waals surface area contributed by atoms with Gasteiger partial charge in [0.25, 0.3) is 0 Å². The molecule has 0 bridgehead atoms. The predicted molar refractivity (Wildman–Crippen MR) is 81.1 cm³/mol. The second kappa shape index (κ2) is 6.17. The SMILES string of the molecule is C[C@H](O)c1ccc(N(C)Cc2ccncc2)c(Br)c1. The van der Waals surface area contributed by atoms with Crippen LogP contribution in [0.4, 0.5) is 5.69 Å². The molecule has 1 N–H and O–H groups in total. The van der Waals surface area contributed by atoms with E-state index in [1.807, 2.05) is 37.4 Å². The number of benzene rings is 1. The third-order valence-electron chi connectivity index (χ3n) is 3.03. The Hall–Kier alpha value is -1.39. The number of halogens is 1. The zero-order valence-electron chi connectivity index (χ0n) is 11.0. The van der Waals surface area contributed by atoms with Crippen LogP contribution in [0.2, 0.25) is 0 Å². The Morgan fingerprint density at radius 3 is 2.53 bits per heavy atom. The smallest absolute Gasteiger partial charge is 0.0762 e. The minimum atomic E-state index is -0.448. The van der Waals surface area contributed by atoms with E-state index in [1.54, 1.807) is 19.3 Å². The second-order valence-corrected chi connectivity index (χ2v) is 5.45. The van der Waals surface area contributed by atoms with Crippen LogP contribution in [0.1, 0.15) is 24.2 Å². The molecule has 0 radical (unpaired) electrons. The Balaban J connectivity index is 2.17. The minimum Gasteiger partial charge on any atom is -0.389 e. The molecule has 1 aromatic carbocycles. The maximum absolute atomic E-state index is 9.57. The van der Waals surface area contributed by atoms with Gasteiger partial charge in [0, 0.05) is 30.5 Å². The van der Waals surface area contributed by atoms with Crippen molar-refractivity contribution in [1.29, 1.82) is 0 Å². The minimum absolute atomic E-state index is 0.448. The highest BCUT2D eigenvalue weighted by molar-refractivity contribution is 9.10. The number of rotatable bonds is 4. The van der Waals surface area contributed by atoms with Crippen LogP contribution in [0.5, 0.6) is 0 Å². The Morgan fingerprint density at radius 2 is 1.95 bits per heavy atom. The lowest BCUT2D eigenvalue weighted by Gasteiger charge is -2.21. The lowest BCUT2D eigenvalue weighted by molar-refractivity contribution is 0.199. The van der Waals surface area contributed by atoms with Crippen LogP contribution < -0.4 is 4.90 Å². The van der Waals surface area contributed by atoms with Crippen molar-refractivity contribution in [3.8, 4) is 0 Å². The van der Waals surface area contributed by atoms with E-state index in [0.29, 0.717) is 0 Å². The molecule has 2 rings (SSSR count). The summed E-state index contributed by atoms with van der Waals surface area (Å²) in [6, 6.07) is 9.95. The van der Waals surface area contributed by atoms with Crippen LogP contribution in [-0.2, 0) is 6.54 Å². The first-order chi connectivity index (χ1) is 9.08. The van der Waals surface area contributed by atoms with Crippen LogP contribution in [0.3, 0.4) is 0 Å². The second-order valence-electron chi connectivity index (χ2n) is 4.60. The zero-order chi connectivity index (χ0) is 13.8. The summed E-state index contributed by atoms with van der Waals surface area (Å²) in [5, 5.41) is 9.57. The van der Waals surface area contributed by atoms with Crippen LogP contribution >= 0.6 is 15.9 Å². The van der Waals surface area contributed by atoms with Gasteiger partial charge in [-0.05, 0) is 58.2 Å². The largest absolute Gasteiger partial charge is 0.389 e. The number of hydrogen-bond donors (Lipinski definition) is 1. The molecule has 1 atom stereocenters. The van der Waals surface area contributed by atoms with E-state index in [9.17, 15) is 5.11 Å². The van der Waals surface area contributed by atoms with Gasteiger partial charge in [0.2, 0.25) is 0 Å². The van der Waals surface area contributed by atoms with E-state index in [2.05, 4.69) is 25.8 Å². The van der Waals surface area contributed by atoms with Crippen molar-refractivity contribution in [1.82, 2.24) is 4.98 Å². The number of pyridine rings is 1. The van der Waals surface area contributed by atoms with Crippen LogP contribution in [-0.4, -0.2) is 17.1 Å². The topological polar surface area (TPSA) is 36.4 Å². The average molecular weight is 321 g/mol. The van der Waals surface area contributed by atoms with Crippen LogP contribution in [0.15, 0.2) is 47.2 Å². The summed E-state index contributed by atoms with van der Waals surface area (Å²) in [5.74, 6) is 0. The van der Waals surface area contributed by atoms with E-state index in [4.69, 9.17) is 0 Å². The maximum atomic E-state index is 9.57. The number of aliphatic hydroxyl groups is 1. The van der Waals surface area contributed by atoms with E-state index in [0.717, 1.165) is 22.3 Å². The summed E-state index contributed by atoms with van der Waals surface area (Å²) in [6.07, 6.45) is 3.15. The molecule has 0 amide bonds. The first-order valence-corrected chi connectivity index (χ1v) is 6.95. The molecule has 0 aliphatic heterocycles. The summed E-state index contributed by atoms with van der Waals surface area (Å²) < 4.78 is 0.988.